The minimum atomic E-state index is -3.89. The van der Waals surface area contributed by atoms with E-state index in [2.05, 4.69) is 21.3 Å². The molecule has 0 radical (unpaired) electrons. The fourth-order valence-electron chi connectivity index (χ4n) is 1.55. The topological polar surface area (TPSA) is 92.7 Å². The fourth-order valence-corrected chi connectivity index (χ4v) is 2.66. The van der Waals surface area contributed by atoms with Crippen molar-refractivity contribution >= 4 is 16.0 Å². The average Bonchev–Trinajstić information content (AvgIpc) is 2.43. The van der Waals surface area contributed by atoms with E-state index in [-0.39, 0.29) is 23.7 Å². The molecule has 0 saturated carbocycles. The molecule has 7 heteroatoms. The number of ether oxygens (including phenoxy) is 1. The monoisotopic (exact) mass is 311 g/mol. The molecule has 2 N–H and O–H groups in total. The number of aliphatic hydroxyl groups excluding tert-OH is 1. The maximum atomic E-state index is 12.2. The summed E-state index contributed by atoms with van der Waals surface area (Å²) in [7, 11) is -3.89. The average molecular weight is 311 g/mol. The number of benzene rings is 1. The summed E-state index contributed by atoms with van der Waals surface area (Å²) in [6.07, 6.45) is 0. The van der Waals surface area contributed by atoms with Crippen molar-refractivity contribution in [2.24, 2.45) is 0 Å². The second kappa shape index (κ2) is 7.78. The number of rotatable bonds is 5. The molecule has 21 heavy (non-hydrogen) atoms. The lowest BCUT2D eigenvalue weighted by Gasteiger charge is -2.09. The van der Waals surface area contributed by atoms with Gasteiger partial charge in [-0.15, -0.1) is 0 Å². The molecule has 0 spiro atoms. The van der Waals surface area contributed by atoms with Crippen LogP contribution in [0.3, 0.4) is 0 Å². The van der Waals surface area contributed by atoms with Crippen LogP contribution in [-0.4, -0.2) is 39.3 Å². The summed E-state index contributed by atoms with van der Waals surface area (Å²) in [5.74, 6) is 4.34. The summed E-state index contributed by atoms with van der Waals surface area (Å²) in [4.78, 5) is 11.2. The van der Waals surface area contributed by atoms with Crippen LogP contribution in [0.2, 0.25) is 0 Å². The van der Waals surface area contributed by atoms with Crippen LogP contribution >= 0.6 is 0 Å². The molecule has 0 saturated heterocycles. The molecule has 114 valence electrons. The Morgan fingerprint density at radius 3 is 2.76 bits per heavy atom. The van der Waals surface area contributed by atoms with Gasteiger partial charge in [-0.1, -0.05) is 17.9 Å². The SMILES string of the molecule is CCOC(=O)CNS(=O)(=O)c1ccc(C)cc1C#CCO. The standard InChI is InChI=1S/C14H17NO5S/c1-3-20-14(17)10-15-21(18,19)13-7-6-11(2)9-12(13)5-4-8-16/h6-7,9,15-16H,3,8,10H2,1-2H3. The van der Waals surface area contributed by atoms with E-state index in [0.717, 1.165) is 5.56 Å². The van der Waals surface area contributed by atoms with E-state index in [1.165, 1.54) is 6.07 Å². The van der Waals surface area contributed by atoms with Crippen LogP contribution in [0.15, 0.2) is 23.1 Å². The van der Waals surface area contributed by atoms with Gasteiger partial charge in [0.1, 0.15) is 13.2 Å². The van der Waals surface area contributed by atoms with Crippen molar-refractivity contribution in [2.75, 3.05) is 19.8 Å². The third-order valence-corrected chi connectivity index (χ3v) is 3.90. The molecule has 0 fully saturated rings. The normalized spacial score (nSPS) is 10.6. The van der Waals surface area contributed by atoms with Crippen LogP contribution in [0.25, 0.3) is 0 Å². The zero-order chi connectivity index (χ0) is 15.9. The van der Waals surface area contributed by atoms with Gasteiger partial charge in [0.2, 0.25) is 10.0 Å². The first-order valence-corrected chi connectivity index (χ1v) is 7.74. The number of nitrogens with one attached hydrogen (secondary N) is 1. The Hall–Kier alpha value is -1.88. The Labute approximate surface area is 124 Å². The number of carbonyl (C=O) groups is 1. The van der Waals surface area contributed by atoms with Gasteiger partial charge in [0.25, 0.3) is 0 Å². The molecule has 0 aromatic heterocycles. The van der Waals surface area contributed by atoms with E-state index in [4.69, 9.17) is 5.11 Å². The second-order valence-corrected chi connectivity index (χ2v) is 5.82. The summed E-state index contributed by atoms with van der Waals surface area (Å²) < 4.78 is 31.2. The van der Waals surface area contributed by atoms with Crippen LogP contribution < -0.4 is 4.72 Å². The third-order valence-electron chi connectivity index (χ3n) is 2.44. The first kappa shape index (κ1) is 17.2. The smallest absolute Gasteiger partial charge is 0.321 e. The molecule has 1 aromatic carbocycles. The maximum Gasteiger partial charge on any atom is 0.321 e. The summed E-state index contributed by atoms with van der Waals surface area (Å²) >= 11 is 0. The predicted octanol–water partition coefficient (Wildman–Crippen LogP) is 0.180. The molecular weight excluding hydrogens is 294 g/mol. The third kappa shape index (κ3) is 5.19. The lowest BCUT2D eigenvalue weighted by atomic mass is 10.1. The summed E-state index contributed by atoms with van der Waals surface area (Å²) in [5.41, 5.74) is 1.10. The highest BCUT2D eigenvalue weighted by Gasteiger charge is 2.19. The molecule has 0 heterocycles. The molecule has 0 amide bonds. The van der Waals surface area contributed by atoms with Crippen molar-refractivity contribution < 1.29 is 23.1 Å². The summed E-state index contributed by atoms with van der Waals surface area (Å²) in [5, 5.41) is 8.73. The largest absolute Gasteiger partial charge is 0.465 e. The molecule has 0 aliphatic heterocycles. The molecule has 0 atom stereocenters. The van der Waals surface area contributed by atoms with Crippen LogP contribution in [0.4, 0.5) is 0 Å². The minimum Gasteiger partial charge on any atom is -0.465 e. The first-order valence-electron chi connectivity index (χ1n) is 6.26. The molecule has 0 aliphatic carbocycles. The zero-order valence-corrected chi connectivity index (χ0v) is 12.7. The van der Waals surface area contributed by atoms with Crippen molar-refractivity contribution in [1.82, 2.24) is 4.72 Å². The van der Waals surface area contributed by atoms with Gasteiger partial charge in [-0.2, -0.15) is 4.72 Å². The van der Waals surface area contributed by atoms with Gasteiger partial charge >= 0.3 is 5.97 Å². The van der Waals surface area contributed by atoms with Crippen LogP contribution in [0, 0.1) is 18.8 Å². The van der Waals surface area contributed by atoms with Crippen LogP contribution in [0.5, 0.6) is 0 Å². The van der Waals surface area contributed by atoms with Gasteiger partial charge in [0.05, 0.1) is 11.5 Å². The molecule has 0 unspecified atom stereocenters. The van der Waals surface area contributed by atoms with Gasteiger partial charge < -0.3 is 9.84 Å². The molecule has 1 rings (SSSR count). The Morgan fingerprint density at radius 1 is 1.43 bits per heavy atom. The maximum absolute atomic E-state index is 12.2. The van der Waals surface area contributed by atoms with Crippen molar-refractivity contribution in [2.45, 2.75) is 18.7 Å². The molecule has 0 aliphatic rings. The van der Waals surface area contributed by atoms with Gasteiger partial charge in [0, 0.05) is 5.56 Å². The Kier molecular flexibility index (Phi) is 6.37. The number of hydrogen-bond donors (Lipinski definition) is 2. The number of sulfonamides is 1. The Morgan fingerprint density at radius 2 is 2.14 bits per heavy atom. The Bertz CT molecular complexity index is 670. The highest BCUT2D eigenvalue weighted by molar-refractivity contribution is 7.89. The van der Waals surface area contributed by atoms with Gasteiger partial charge in [0.15, 0.2) is 0 Å². The van der Waals surface area contributed by atoms with E-state index in [0.29, 0.717) is 0 Å². The highest BCUT2D eigenvalue weighted by atomic mass is 32.2. The first-order chi connectivity index (χ1) is 9.90. The Balaban J connectivity index is 3.05. The van der Waals surface area contributed by atoms with E-state index >= 15 is 0 Å². The lowest BCUT2D eigenvalue weighted by Crippen LogP contribution is -2.31. The van der Waals surface area contributed by atoms with Gasteiger partial charge in [-0.25, -0.2) is 8.42 Å². The molecular formula is C14H17NO5S. The number of aryl methyl sites for hydroxylation is 1. The van der Waals surface area contributed by atoms with Crippen LogP contribution in [-0.2, 0) is 19.6 Å². The molecule has 1 aromatic rings. The minimum absolute atomic E-state index is 0.0432. The van der Waals surface area contributed by atoms with Crippen molar-refractivity contribution in [3.8, 4) is 11.8 Å². The number of esters is 1. The number of hydrogen-bond acceptors (Lipinski definition) is 5. The molecule has 0 bridgehead atoms. The second-order valence-electron chi connectivity index (χ2n) is 4.09. The van der Waals surface area contributed by atoms with Crippen molar-refractivity contribution in [3.05, 3.63) is 29.3 Å². The van der Waals surface area contributed by atoms with Crippen molar-refractivity contribution in [3.63, 3.8) is 0 Å². The van der Waals surface area contributed by atoms with Crippen LogP contribution in [0.1, 0.15) is 18.1 Å². The van der Waals surface area contributed by atoms with E-state index in [1.54, 1.807) is 26.0 Å². The quantitative estimate of drug-likeness (QED) is 0.598. The number of aliphatic hydroxyl groups is 1. The van der Waals surface area contributed by atoms with E-state index in [9.17, 15) is 13.2 Å². The summed E-state index contributed by atoms with van der Waals surface area (Å²) in [6, 6.07) is 4.63. The zero-order valence-electron chi connectivity index (χ0n) is 11.8. The van der Waals surface area contributed by atoms with Gasteiger partial charge in [-0.3, -0.25) is 4.79 Å². The van der Waals surface area contributed by atoms with E-state index < -0.39 is 22.5 Å². The summed E-state index contributed by atoms with van der Waals surface area (Å²) in [6.45, 7) is 2.79. The lowest BCUT2D eigenvalue weighted by molar-refractivity contribution is -0.141. The number of carbonyl (C=O) groups excluding carboxylic acids is 1. The van der Waals surface area contributed by atoms with E-state index in [1.807, 2.05) is 0 Å². The highest BCUT2D eigenvalue weighted by Crippen LogP contribution is 2.16. The van der Waals surface area contributed by atoms with Crippen molar-refractivity contribution in [1.29, 1.82) is 0 Å². The fraction of sp³-hybridized carbons (Fsp3) is 0.357. The predicted molar refractivity (Wildman–Crippen MR) is 77.0 cm³/mol. The molecule has 6 nitrogen and oxygen atoms in total. The van der Waals surface area contributed by atoms with Gasteiger partial charge in [-0.05, 0) is 31.5 Å².